The van der Waals surface area contributed by atoms with Crippen LogP contribution in [-0.4, -0.2) is 11.8 Å². The van der Waals surface area contributed by atoms with Gasteiger partial charge in [0.2, 0.25) is 11.8 Å². The number of hydrogen-bond acceptors (Lipinski definition) is 2. The molecule has 3 heteroatoms. The quantitative estimate of drug-likeness (QED) is 0.222. The fourth-order valence-corrected chi connectivity index (χ4v) is 3.47. The van der Waals surface area contributed by atoms with E-state index in [-0.39, 0.29) is 11.8 Å². The van der Waals surface area contributed by atoms with Crippen LogP contribution in [0.3, 0.4) is 0 Å². The maximum Gasteiger partial charge on any atom is 0.226 e. The largest absolute Gasteiger partial charge is 0.296 e. The molecule has 0 heterocycles. The highest BCUT2D eigenvalue weighted by Crippen LogP contribution is 2.11. The lowest BCUT2D eigenvalue weighted by Crippen LogP contribution is -2.29. The first-order valence-corrected chi connectivity index (χ1v) is 12.0. The molecule has 0 aromatic heterocycles. The summed E-state index contributed by atoms with van der Waals surface area (Å²) in [4.78, 5) is 23.6. The third kappa shape index (κ3) is 21.3. The third-order valence-electron chi connectivity index (χ3n) is 5.29. The highest BCUT2D eigenvalue weighted by molar-refractivity contribution is 5.95. The van der Waals surface area contributed by atoms with Gasteiger partial charge >= 0.3 is 0 Å². The van der Waals surface area contributed by atoms with Crippen LogP contribution in [0.1, 0.15) is 142 Å². The first-order chi connectivity index (χ1) is 13.2. The standard InChI is InChI=1S/C24H47NO2/c1-3-5-7-9-11-13-15-17-19-21-23(26)25-24(27)22-20-18-16-14-12-10-8-6-4-2/h3-22H2,1-2H3,(H,25,26,27). The van der Waals surface area contributed by atoms with Crippen molar-refractivity contribution in [1.82, 2.24) is 5.32 Å². The summed E-state index contributed by atoms with van der Waals surface area (Å²) in [6.45, 7) is 4.48. The summed E-state index contributed by atoms with van der Waals surface area (Å²) in [5.74, 6) is -0.169. The second-order valence-electron chi connectivity index (χ2n) is 8.13. The van der Waals surface area contributed by atoms with Crippen LogP contribution in [0, 0.1) is 0 Å². The van der Waals surface area contributed by atoms with Gasteiger partial charge in [0.05, 0.1) is 0 Å². The molecule has 0 radical (unpaired) electrons. The highest BCUT2D eigenvalue weighted by atomic mass is 16.2. The van der Waals surface area contributed by atoms with E-state index < -0.39 is 0 Å². The van der Waals surface area contributed by atoms with Gasteiger partial charge in [-0.05, 0) is 12.8 Å². The summed E-state index contributed by atoms with van der Waals surface area (Å²) in [6.07, 6.45) is 23.4. The van der Waals surface area contributed by atoms with Crippen molar-refractivity contribution in [1.29, 1.82) is 0 Å². The monoisotopic (exact) mass is 381 g/mol. The molecule has 2 amide bonds. The Morgan fingerprint density at radius 1 is 0.444 bits per heavy atom. The maximum atomic E-state index is 11.8. The van der Waals surface area contributed by atoms with Crippen molar-refractivity contribution in [3.63, 3.8) is 0 Å². The van der Waals surface area contributed by atoms with Gasteiger partial charge in [0.25, 0.3) is 0 Å². The Morgan fingerprint density at radius 2 is 0.704 bits per heavy atom. The molecule has 0 saturated carbocycles. The summed E-state index contributed by atoms with van der Waals surface area (Å²) in [7, 11) is 0. The molecule has 27 heavy (non-hydrogen) atoms. The topological polar surface area (TPSA) is 46.2 Å². The predicted molar refractivity (Wildman–Crippen MR) is 117 cm³/mol. The molecule has 0 bridgehead atoms. The molecule has 0 saturated heterocycles. The van der Waals surface area contributed by atoms with Crippen molar-refractivity contribution in [2.75, 3.05) is 0 Å². The molecule has 0 aliphatic heterocycles. The Bertz CT molecular complexity index is 309. The van der Waals surface area contributed by atoms with Gasteiger partial charge in [0, 0.05) is 12.8 Å². The molecule has 0 unspecified atom stereocenters. The van der Waals surface area contributed by atoms with Crippen LogP contribution in [0.15, 0.2) is 0 Å². The summed E-state index contributed by atoms with van der Waals surface area (Å²) >= 11 is 0. The van der Waals surface area contributed by atoms with Gasteiger partial charge in [-0.25, -0.2) is 0 Å². The van der Waals surface area contributed by atoms with Crippen LogP contribution >= 0.6 is 0 Å². The Labute approximate surface area is 169 Å². The van der Waals surface area contributed by atoms with Crippen molar-refractivity contribution in [3.8, 4) is 0 Å². The Hall–Kier alpha value is -0.860. The van der Waals surface area contributed by atoms with E-state index in [1.54, 1.807) is 0 Å². The minimum absolute atomic E-state index is 0.0844. The minimum atomic E-state index is -0.0844. The normalized spacial score (nSPS) is 10.9. The average molecular weight is 382 g/mol. The van der Waals surface area contributed by atoms with Gasteiger partial charge in [-0.3, -0.25) is 14.9 Å². The van der Waals surface area contributed by atoms with E-state index >= 15 is 0 Å². The van der Waals surface area contributed by atoms with Crippen LogP contribution < -0.4 is 5.32 Å². The van der Waals surface area contributed by atoms with E-state index in [4.69, 9.17) is 0 Å². The summed E-state index contributed by atoms with van der Waals surface area (Å²) in [6, 6.07) is 0. The van der Waals surface area contributed by atoms with Crippen LogP contribution in [0.25, 0.3) is 0 Å². The average Bonchev–Trinajstić information content (AvgIpc) is 2.65. The first kappa shape index (κ1) is 26.1. The molecular weight excluding hydrogens is 334 g/mol. The van der Waals surface area contributed by atoms with Gasteiger partial charge in [-0.1, -0.05) is 117 Å². The number of carbonyl (C=O) groups excluding carboxylic acids is 2. The van der Waals surface area contributed by atoms with Crippen LogP contribution in [-0.2, 0) is 9.59 Å². The Balaban J connectivity index is 3.33. The van der Waals surface area contributed by atoms with Crippen molar-refractivity contribution in [3.05, 3.63) is 0 Å². The van der Waals surface area contributed by atoms with Gasteiger partial charge in [-0.15, -0.1) is 0 Å². The van der Waals surface area contributed by atoms with E-state index in [2.05, 4.69) is 19.2 Å². The van der Waals surface area contributed by atoms with Gasteiger partial charge < -0.3 is 0 Å². The van der Waals surface area contributed by atoms with E-state index in [0.717, 1.165) is 25.7 Å². The lowest BCUT2D eigenvalue weighted by Gasteiger charge is -2.05. The van der Waals surface area contributed by atoms with Crippen LogP contribution in [0.4, 0.5) is 0 Å². The van der Waals surface area contributed by atoms with Crippen molar-refractivity contribution >= 4 is 11.8 Å². The molecule has 0 atom stereocenters. The third-order valence-corrected chi connectivity index (χ3v) is 5.29. The van der Waals surface area contributed by atoms with Gasteiger partial charge in [0.15, 0.2) is 0 Å². The zero-order chi connectivity index (χ0) is 20.0. The summed E-state index contributed by atoms with van der Waals surface area (Å²) in [5.41, 5.74) is 0. The van der Waals surface area contributed by atoms with Crippen molar-refractivity contribution in [2.45, 2.75) is 142 Å². The smallest absolute Gasteiger partial charge is 0.226 e. The van der Waals surface area contributed by atoms with Crippen molar-refractivity contribution < 1.29 is 9.59 Å². The highest BCUT2D eigenvalue weighted by Gasteiger charge is 2.07. The predicted octanol–water partition coefficient (Wildman–Crippen LogP) is 7.47. The molecule has 0 spiro atoms. The zero-order valence-electron chi connectivity index (χ0n) is 18.5. The summed E-state index contributed by atoms with van der Waals surface area (Å²) < 4.78 is 0. The van der Waals surface area contributed by atoms with Gasteiger partial charge in [-0.2, -0.15) is 0 Å². The number of rotatable bonds is 20. The van der Waals surface area contributed by atoms with Crippen molar-refractivity contribution in [2.24, 2.45) is 0 Å². The Morgan fingerprint density at radius 3 is 1.00 bits per heavy atom. The maximum absolute atomic E-state index is 11.8. The molecular formula is C24H47NO2. The zero-order valence-corrected chi connectivity index (χ0v) is 18.5. The number of amides is 2. The lowest BCUT2D eigenvalue weighted by molar-refractivity contribution is -0.130. The number of imide groups is 1. The van der Waals surface area contributed by atoms with E-state index in [0.29, 0.717) is 12.8 Å². The second-order valence-corrected chi connectivity index (χ2v) is 8.13. The molecule has 0 aromatic rings. The summed E-state index contributed by atoms with van der Waals surface area (Å²) in [5, 5.41) is 2.55. The number of carbonyl (C=O) groups is 2. The van der Waals surface area contributed by atoms with E-state index in [9.17, 15) is 9.59 Å². The van der Waals surface area contributed by atoms with E-state index in [1.165, 1.54) is 89.9 Å². The van der Waals surface area contributed by atoms with E-state index in [1.807, 2.05) is 0 Å². The molecule has 0 aliphatic rings. The molecule has 3 nitrogen and oxygen atoms in total. The first-order valence-electron chi connectivity index (χ1n) is 12.0. The molecule has 1 N–H and O–H groups in total. The fraction of sp³-hybridized carbons (Fsp3) is 0.917. The fourth-order valence-electron chi connectivity index (χ4n) is 3.47. The number of hydrogen-bond donors (Lipinski definition) is 1. The molecule has 0 aromatic carbocycles. The van der Waals surface area contributed by atoms with Crippen LogP contribution in [0.5, 0.6) is 0 Å². The minimum Gasteiger partial charge on any atom is -0.296 e. The Kier molecular flexibility index (Phi) is 20.8. The molecule has 0 fully saturated rings. The molecule has 160 valence electrons. The van der Waals surface area contributed by atoms with Crippen LogP contribution in [0.2, 0.25) is 0 Å². The lowest BCUT2D eigenvalue weighted by atomic mass is 10.1. The molecule has 0 rings (SSSR count). The van der Waals surface area contributed by atoms with Gasteiger partial charge in [0.1, 0.15) is 0 Å². The second kappa shape index (κ2) is 21.4. The number of nitrogens with one attached hydrogen (secondary N) is 1. The molecule has 0 aliphatic carbocycles. The SMILES string of the molecule is CCCCCCCCCCCC(=O)NC(=O)CCCCCCCCCCC. The number of unbranched alkanes of at least 4 members (excludes halogenated alkanes) is 16.